The lowest BCUT2D eigenvalue weighted by atomic mass is 9.76. The van der Waals surface area contributed by atoms with Crippen LogP contribution in [-0.2, 0) is 14.3 Å². The summed E-state index contributed by atoms with van der Waals surface area (Å²) in [5.41, 5.74) is 2.78. The van der Waals surface area contributed by atoms with E-state index in [-0.39, 0.29) is 5.97 Å². The molecule has 156 valence electrons. The first kappa shape index (κ1) is 24.0. The molecule has 0 bridgehead atoms. The fourth-order valence-electron chi connectivity index (χ4n) is 3.60. The van der Waals surface area contributed by atoms with Crippen molar-refractivity contribution in [1.29, 1.82) is 0 Å². The number of nitrogens with zero attached hydrogens (tertiary/aromatic N) is 1. The summed E-state index contributed by atoms with van der Waals surface area (Å²) in [6.07, 6.45) is 11.7. The van der Waals surface area contributed by atoms with E-state index in [1.165, 1.54) is 25.7 Å². The highest BCUT2D eigenvalue weighted by molar-refractivity contribution is 6.08. The molecule has 28 heavy (non-hydrogen) atoms. The molecule has 0 radical (unpaired) electrons. The highest BCUT2D eigenvalue weighted by Crippen LogP contribution is 2.36. The Kier molecular flexibility index (Phi) is 10.6. The SMILES string of the molecule is CC/C(=C\C=C(/C)C(/C=C(/F)C(C)C=O)=NC)C1CCC(CC(=O)OC)CC1. The zero-order chi connectivity index (χ0) is 21.1. The average molecular weight is 392 g/mol. The molecule has 5 heteroatoms. The van der Waals surface area contributed by atoms with Crippen molar-refractivity contribution in [1.82, 2.24) is 0 Å². The molecular weight excluding hydrogens is 357 g/mol. The molecule has 1 aliphatic carbocycles. The lowest BCUT2D eigenvalue weighted by Crippen LogP contribution is -2.19. The van der Waals surface area contributed by atoms with Crippen LogP contribution in [0.5, 0.6) is 0 Å². The maximum absolute atomic E-state index is 14.0. The molecule has 0 aliphatic heterocycles. The van der Waals surface area contributed by atoms with Gasteiger partial charge in [0.15, 0.2) is 0 Å². The fraction of sp³-hybridized carbons (Fsp3) is 0.609. The summed E-state index contributed by atoms with van der Waals surface area (Å²) in [6.45, 7) is 5.57. The van der Waals surface area contributed by atoms with Crippen LogP contribution in [0.15, 0.2) is 40.2 Å². The van der Waals surface area contributed by atoms with Gasteiger partial charge >= 0.3 is 5.97 Å². The number of esters is 1. The Bertz CT molecular complexity index is 653. The molecule has 0 heterocycles. The molecular formula is C23H34FNO3. The van der Waals surface area contributed by atoms with Crippen molar-refractivity contribution in [2.75, 3.05) is 14.2 Å². The molecule has 1 aliphatic rings. The maximum Gasteiger partial charge on any atom is 0.305 e. The Morgan fingerprint density at radius 3 is 2.39 bits per heavy atom. The van der Waals surface area contributed by atoms with Gasteiger partial charge in [-0.1, -0.05) is 24.6 Å². The summed E-state index contributed by atoms with van der Waals surface area (Å²) in [7, 11) is 3.06. The average Bonchev–Trinajstić information content (AvgIpc) is 2.72. The molecule has 4 nitrogen and oxygen atoms in total. The van der Waals surface area contributed by atoms with Crippen molar-refractivity contribution < 1.29 is 18.7 Å². The zero-order valence-electron chi connectivity index (χ0n) is 17.8. The number of rotatable bonds is 9. The van der Waals surface area contributed by atoms with Crippen LogP contribution in [-0.4, -0.2) is 32.1 Å². The Labute approximate surface area is 168 Å². The second kappa shape index (κ2) is 12.4. The summed E-state index contributed by atoms with van der Waals surface area (Å²) in [6, 6.07) is 0. The molecule has 0 aromatic carbocycles. The Morgan fingerprint density at radius 1 is 1.25 bits per heavy atom. The van der Waals surface area contributed by atoms with Crippen LogP contribution in [0.4, 0.5) is 4.39 Å². The number of hydrogen-bond acceptors (Lipinski definition) is 4. The van der Waals surface area contributed by atoms with Crippen molar-refractivity contribution in [3.63, 3.8) is 0 Å². The molecule has 1 rings (SSSR count). The number of halogens is 1. The molecule has 1 atom stereocenters. The number of allylic oxidation sites excluding steroid dienone is 6. The molecule has 1 unspecified atom stereocenters. The minimum atomic E-state index is -0.758. The second-order valence-electron chi connectivity index (χ2n) is 7.51. The maximum atomic E-state index is 14.0. The highest BCUT2D eigenvalue weighted by atomic mass is 19.1. The molecule has 1 saturated carbocycles. The normalized spacial score (nSPS) is 23.4. The number of methoxy groups -OCH3 is 1. The summed E-state index contributed by atoms with van der Waals surface area (Å²) in [4.78, 5) is 26.3. The van der Waals surface area contributed by atoms with Gasteiger partial charge in [-0.05, 0) is 69.4 Å². The molecule has 1 fully saturated rings. The van der Waals surface area contributed by atoms with Gasteiger partial charge in [-0.25, -0.2) is 4.39 Å². The number of hydrogen-bond donors (Lipinski definition) is 0. The predicted octanol–water partition coefficient (Wildman–Crippen LogP) is 5.40. The Morgan fingerprint density at radius 2 is 1.89 bits per heavy atom. The molecule has 0 aromatic rings. The number of carbonyl (C=O) groups excluding carboxylic acids is 2. The summed E-state index contributed by atoms with van der Waals surface area (Å²) in [5, 5.41) is 0. The van der Waals surface area contributed by atoms with Crippen LogP contribution in [0.25, 0.3) is 0 Å². The van der Waals surface area contributed by atoms with Crippen molar-refractivity contribution in [2.24, 2.45) is 22.7 Å². The van der Waals surface area contributed by atoms with Gasteiger partial charge in [0.25, 0.3) is 0 Å². The first-order valence-corrected chi connectivity index (χ1v) is 10.1. The van der Waals surface area contributed by atoms with Gasteiger partial charge in [0.1, 0.15) is 12.1 Å². The van der Waals surface area contributed by atoms with E-state index in [1.54, 1.807) is 7.05 Å². The van der Waals surface area contributed by atoms with E-state index in [0.29, 0.717) is 30.3 Å². The van der Waals surface area contributed by atoms with Crippen molar-refractivity contribution >= 4 is 18.0 Å². The molecule has 0 N–H and O–H groups in total. The van der Waals surface area contributed by atoms with Gasteiger partial charge in [-0.2, -0.15) is 0 Å². The Balaban J connectivity index is 2.81. The van der Waals surface area contributed by atoms with E-state index < -0.39 is 11.7 Å². The van der Waals surface area contributed by atoms with E-state index in [9.17, 15) is 14.0 Å². The van der Waals surface area contributed by atoms with E-state index in [0.717, 1.165) is 37.7 Å². The van der Waals surface area contributed by atoms with E-state index >= 15 is 0 Å². The van der Waals surface area contributed by atoms with Crippen molar-refractivity contribution in [3.05, 3.63) is 35.2 Å². The monoisotopic (exact) mass is 391 g/mol. The van der Waals surface area contributed by atoms with E-state index in [4.69, 9.17) is 4.74 Å². The first-order chi connectivity index (χ1) is 13.4. The fourth-order valence-corrected chi connectivity index (χ4v) is 3.60. The third-order valence-corrected chi connectivity index (χ3v) is 5.57. The van der Waals surface area contributed by atoms with E-state index in [1.807, 2.05) is 13.0 Å². The third-order valence-electron chi connectivity index (χ3n) is 5.57. The van der Waals surface area contributed by atoms with Crippen LogP contribution in [0, 0.1) is 17.8 Å². The third kappa shape index (κ3) is 7.53. The lowest BCUT2D eigenvalue weighted by molar-refractivity contribution is -0.142. The quantitative estimate of drug-likeness (QED) is 0.229. The van der Waals surface area contributed by atoms with Gasteiger partial charge in [-0.15, -0.1) is 0 Å². The number of carbonyl (C=O) groups is 2. The van der Waals surface area contributed by atoms with Crippen LogP contribution < -0.4 is 0 Å². The number of aldehydes is 1. The number of aliphatic imine (C=N–C) groups is 1. The molecule has 0 amide bonds. The summed E-state index contributed by atoms with van der Waals surface area (Å²) in [5.74, 6) is -0.416. The zero-order valence-corrected chi connectivity index (χ0v) is 17.8. The van der Waals surface area contributed by atoms with Gasteiger partial charge in [0.05, 0.1) is 18.7 Å². The van der Waals surface area contributed by atoms with Crippen molar-refractivity contribution in [2.45, 2.75) is 59.3 Å². The smallest absolute Gasteiger partial charge is 0.305 e. The van der Waals surface area contributed by atoms with Gasteiger partial charge in [0, 0.05) is 13.5 Å². The van der Waals surface area contributed by atoms with Gasteiger partial charge < -0.3 is 9.53 Å². The van der Waals surface area contributed by atoms with Crippen molar-refractivity contribution in [3.8, 4) is 0 Å². The second-order valence-corrected chi connectivity index (χ2v) is 7.51. The molecule has 0 aromatic heterocycles. The minimum absolute atomic E-state index is 0.121. The highest BCUT2D eigenvalue weighted by Gasteiger charge is 2.24. The van der Waals surface area contributed by atoms with Crippen LogP contribution in [0.3, 0.4) is 0 Å². The summed E-state index contributed by atoms with van der Waals surface area (Å²) < 4.78 is 18.8. The molecule has 0 saturated heterocycles. The first-order valence-electron chi connectivity index (χ1n) is 10.1. The van der Waals surface area contributed by atoms with Crippen LogP contribution >= 0.6 is 0 Å². The summed E-state index contributed by atoms with van der Waals surface area (Å²) >= 11 is 0. The topological polar surface area (TPSA) is 55.7 Å². The molecule has 0 spiro atoms. The van der Waals surface area contributed by atoms with Crippen LogP contribution in [0.1, 0.15) is 59.3 Å². The minimum Gasteiger partial charge on any atom is -0.469 e. The standard InChI is InChI=1S/C23H34FNO3/c1-6-19(20-11-8-18(9-12-20)13-23(27)28-5)10-7-16(2)22(25-4)14-21(24)17(3)15-26/h7,10,14-15,17-18,20H,6,8-9,11-13H2,1-5H3/b16-7+,19-10+,21-14+,25-22?. The van der Waals surface area contributed by atoms with Gasteiger partial charge in [0.2, 0.25) is 0 Å². The number of ether oxygens (including phenoxy) is 1. The largest absolute Gasteiger partial charge is 0.469 e. The lowest BCUT2D eigenvalue weighted by Gasteiger charge is -2.29. The van der Waals surface area contributed by atoms with E-state index in [2.05, 4.69) is 18.0 Å². The Hall–Kier alpha value is -2.04. The van der Waals surface area contributed by atoms with Gasteiger partial charge in [-0.3, -0.25) is 9.79 Å². The van der Waals surface area contributed by atoms with Crippen LogP contribution in [0.2, 0.25) is 0 Å². The predicted molar refractivity (Wildman–Crippen MR) is 112 cm³/mol.